The smallest absolute Gasteiger partial charge is 0.339 e. The van der Waals surface area contributed by atoms with Crippen molar-refractivity contribution in [3.8, 4) is 0 Å². The van der Waals surface area contributed by atoms with Gasteiger partial charge in [-0.2, -0.15) is 9.61 Å². The fourth-order valence-corrected chi connectivity index (χ4v) is 3.14. The van der Waals surface area contributed by atoms with Crippen LogP contribution in [0.3, 0.4) is 0 Å². The summed E-state index contributed by atoms with van der Waals surface area (Å²) in [5.41, 5.74) is 0.373. The summed E-state index contributed by atoms with van der Waals surface area (Å²) in [4.78, 5) is 28.4. The molecule has 3 rings (SSSR count). The lowest BCUT2D eigenvalue weighted by atomic mass is 10.2. The minimum atomic E-state index is -0.688. The summed E-state index contributed by atoms with van der Waals surface area (Å²) in [6, 6.07) is 5.11. The third-order valence-corrected chi connectivity index (χ3v) is 4.46. The molecule has 118 valence electrons. The Balaban J connectivity index is 1.80. The molecule has 0 radical (unpaired) electrons. The molecule has 0 saturated heterocycles. The van der Waals surface area contributed by atoms with Crippen LogP contribution in [0, 0.1) is 12.7 Å². The molecule has 23 heavy (non-hydrogen) atoms. The second-order valence-electron chi connectivity index (χ2n) is 4.63. The highest BCUT2D eigenvalue weighted by Crippen LogP contribution is 2.20. The molecular weight excluding hydrogens is 389 g/mol. The number of benzene rings is 1. The SMILES string of the molecule is Cc1cc(=O)n2nc(COC(=O)c3cc(F)ccc3Br)sc2n1. The van der Waals surface area contributed by atoms with Crippen LogP contribution in [-0.4, -0.2) is 20.6 Å². The van der Waals surface area contributed by atoms with Gasteiger partial charge in [-0.3, -0.25) is 4.79 Å². The zero-order valence-corrected chi connectivity index (χ0v) is 14.1. The van der Waals surface area contributed by atoms with E-state index in [-0.39, 0.29) is 17.7 Å². The van der Waals surface area contributed by atoms with Crippen LogP contribution in [0.4, 0.5) is 4.39 Å². The molecule has 0 unspecified atom stereocenters. The number of halogens is 2. The number of ether oxygens (including phenoxy) is 1. The van der Waals surface area contributed by atoms with Gasteiger partial charge in [0.1, 0.15) is 12.4 Å². The Hall–Kier alpha value is -2.13. The van der Waals surface area contributed by atoms with E-state index in [1.54, 1.807) is 6.92 Å². The molecule has 6 nitrogen and oxygen atoms in total. The Morgan fingerprint density at radius 2 is 2.22 bits per heavy atom. The first-order valence-corrected chi connectivity index (χ1v) is 8.03. The molecule has 0 N–H and O–H groups in total. The van der Waals surface area contributed by atoms with E-state index >= 15 is 0 Å². The maximum atomic E-state index is 13.2. The van der Waals surface area contributed by atoms with Gasteiger partial charge in [0.15, 0.2) is 5.01 Å². The normalized spacial score (nSPS) is 10.9. The monoisotopic (exact) mass is 397 g/mol. The van der Waals surface area contributed by atoms with Gasteiger partial charge in [0.25, 0.3) is 5.56 Å². The summed E-state index contributed by atoms with van der Waals surface area (Å²) in [5, 5.41) is 4.47. The van der Waals surface area contributed by atoms with Crippen molar-refractivity contribution in [1.29, 1.82) is 0 Å². The van der Waals surface area contributed by atoms with Crippen LogP contribution in [0.1, 0.15) is 21.1 Å². The number of esters is 1. The highest BCUT2D eigenvalue weighted by Gasteiger charge is 2.15. The number of aryl methyl sites for hydroxylation is 1. The molecule has 0 bridgehead atoms. The van der Waals surface area contributed by atoms with E-state index in [0.717, 1.165) is 21.9 Å². The standard InChI is InChI=1S/C14H9BrFN3O3S/c1-7-4-12(20)19-14(17-7)23-11(18-19)6-22-13(21)9-5-8(16)2-3-10(9)15/h2-5H,6H2,1H3. The molecule has 2 heterocycles. The summed E-state index contributed by atoms with van der Waals surface area (Å²) in [7, 11) is 0. The summed E-state index contributed by atoms with van der Waals surface area (Å²) >= 11 is 4.31. The molecular formula is C14H9BrFN3O3S. The molecule has 0 amide bonds. The maximum Gasteiger partial charge on any atom is 0.339 e. The van der Waals surface area contributed by atoms with Gasteiger partial charge >= 0.3 is 5.97 Å². The van der Waals surface area contributed by atoms with E-state index in [9.17, 15) is 14.0 Å². The number of hydrogen-bond acceptors (Lipinski definition) is 6. The summed E-state index contributed by atoms with van der Waals surface area (Å²) < 4.78 is 19.9. The van der Waals surface area contributed by atoms with Gasteiger partial charge in [-0.25, -0.2) is 14.2 Å². The quantitative estimate of drug-likeness (QED) is 0.635. The average Bonchev–Trinajstić information content (AvgIpc) is 2.90. The van der Waals surface area contributed by atoms with Crippen molar-refractivity contribution >= 4 is 38.2 Å². The molecule has 0 aliphatic carbocycles. The zero-order valence-electron chi connectivity index (χ0n) is 11.7. The van der Waals surface area contributed by atoms with Gasteiger partial charge in [0.2, 0.25) is 4.96 Å². The van der Waals surface area contributed by atoms with Crippen molar-refractivity contribution in [3.63, 3.8) is 0 Å². The number of hydrogen-bond donors (Lipinski definition) is 0. The third-order valence-electron chi connectivity index (χ3n) is 2.89. The Bertz CT molecular complexity index is 970. The van der Waals surface area contributed by atoms with Gasteiger partial charge in [-0.1, -0.05) is 11.3 Å². The van der Waals surface area contributed by atoms with E-state index in [1.807, 2.05) is 0 Å². The van der Waals surface area contributed by atoms with E-state index in [4.69, 9.17) is 4.74 Å². The van der Waals surface area contributed by atoms with Gasteiger partial charge in [0.05, 0.1) is 5.56 Å². The summed E-state index contributed by atoms with van der Waals surface area (Å²) in [5.74, 6) is -1.22. The van der Waals surface area contributed by atoms with Crippen LogP contribution in [0.2, 0.25) is 0 Å². The van der Waals surface area contributed by atoms with Crippen LogP contribution < -0.4 is 5.56 Å². The Morgan fingerprint density at radius 3 is 3.00 bits per heavy atom. The summed E-state index contributed by atoms with van der Waals surface area (Å²) in [6.07, 6.45) is 0. The van der Waals surface area contributed by atoms with Gasteiger partial charge < -0.3 is 4.74 Å². The minimum Gasteiger partial charge on any atom is -0.455 e. The molecule has 0 aliphatic rings. The van der Waals surface area contributed by atoms with Crippen molar-refractivity contribution in [2.45, 2.75) is 13.5 Å². The number of aromatic nitrogens is 3. The van der Waals surface area contributed by atoms with E-state index < -0.39 is 11.8 Å². The highest BCUT2D eigenvalue weighted by atomic mass is 79.9. The highest BCUT2D eigenvalue weighted by molar-refractivity contribution is 9.10. The second-order valence-corrected chi connectivity index (χ2v) is 6.52. The largest absolute Gasteiger partial charge is 0.455 e. The fourth-order valence-electron chi connectivity index (χ4n) is 1.88. The van der Waals surface area contributed by atoms with E-state index in [0.29, 0.717) is 20.1 Å². The van der Waals surface area contributed by atoms with Crippen LogP contribution in [0.15, 0.2) is 33.5 Å². The molecule has 0 aliphatic heterocycles. The number of carbonyl (C=O) groups excluding carboxylic acids is 1. The third kappa shape index (κ3) is 3.30. The molecule has 2 aromatic heterocycles. The van der Waals surface area contributed by atoms with Crippen molar-refractivity contribution in [1.82, 2.24) is 14.6 Å². The lowest BCUT2D eigenvalue weighted by Gasteiger charge is -2.04. The molecule has 0 fully saturated rings. The van der Waals surface area contributed by atoms with Crippen LogP contribution in [0.25, 0.3) is 4.96 Å². The van der Waals surface area contributed by atoms with Gasteiger partial charge in [0, 0.05) is 16.2 Å². The first-order chi connectivity index (χ1) is 10.9. The Kier molecular flexibility index (Phi) is 4.22. The number of nitrogens with zero attached hydrogens (tertiary/aromatic N) is 3. The van der Waals surface area contributed by atoms with Crippen molar-refractivity contribution in [2.75, 3.05) is 0 Å². The van der Waals surface area contributed by atoms with Crippen molar-refractivity contribution < 1.29 is 13.9 Å². The van der Waals surface area contributed by atoms with E-state index in [2.05, 4.69) is 26.0 Å². The van der Waals surface area contributed by atoms with Crippen molar-refractivity contribution in [3.05, 3.63) is 61.2 Å². The molecule has 3 aromatic rings. The predicted molar refractivity (Wildman–Crippen MR) is 85.1 cm³/mol. The van der Waals surface area contributed by atoms with Gasteiger partial charge in [-0.05, 0) is 41.1 Å². The maximum absolute atomic E-state index is 13.2. The second kappa shape index (κ2) is 6.17. The van der Waals surface area contributed by atoms with Crippen LogP contribution in [0.5, 0.6) is 0 Å². The van der Waals surface area contributed by atoms with Crippen molar-refractivity contribution in [2.24, 2.45) is 0 Å². The minimum absolute atomic E-state index is 0.0808. The van der Waals surface area contributed by atoms with E-state index in [1.165, 1.54) is 18.2 Å². The first kappa shape index (κ1) is 15.8. The lowest BCUT2D eigenvalue weighted by molar-refractivity contribution is 0.0469. The zero-order chi connectivity index (χ0) is 16.6. The molecule has 0 atom stereocenters. The molecule has 0 spiro atoms. The first-order valence-electron chi connectivity index (χ1n) is 6.42. The predicted octanol–water partition coefficient (Wildman–Crippen LogP) is 2.72. The van der Waals surface area contributed by atoms with Crippen LogP contribution >= 0.6 is 27.3 Å². The topological polar surface area (TPSA) is 73.6 Å². The van der Waals surface area contributed by atoms with Gasteiger partial charge in [-0.15, -0.1) is 0 Å². The molecule has 9 heteroatoms. The molecule has 1 aromatic carbocycles. The lowest BCUT2D eigenvalue weighted by Crippen LogP contribution is -2.14. The number of rotatable bonds is 3. The average molecular weight is 398 g/mol. The fraction of sp³-hybridized carbons (Fsp3) is 0.143. The Morgan fingerprint density at radius 1 is 1.43 bits per heavy atom. The number of carbonyl (C=O) groups is 1. The Labute approximate surface area is 141 Å². The van der Waals surface area contributed by atoms with Crippen LogP contribution in [-0.2, 0) is 11.3 Å². The number of fused-ring (bicyclic) bond motifs is 1. The molecule has 0 saturated carbocycles. The summed E-state index contributed by atoms with van der Waals surface area (Å²) in [6.45, 7) is 1.58.